The molecule has 0 aromatic heterocycles. The molecular weight excluding hydrogens is 316 g/mol. The van der Waals surface area contributed by atoms with E-state index in [1.165, 1.54) is 12.8 Å². The van der Waals surface area contributed by atoms with E-state index in [0.29, 0.717) is 37.2 Å². The zero-order chi connectivity index (χ0) is 18.2. The summed E-state index contributed by atoms with van der Waals surface area (Å²) < 4.78 is 0. The predicted molar refractivity (Wildman–Crippen MR) is 97.8 cm³/mol. The minimum Gasteiger partial charge on any atom is -0.369 e. The predicted octanol–water partition coefficient (Wildman–Crippen LogP) is 1.99. The Hall–Kier alpha value is -1.59. The van der Waals surface area contributed by atoms with Crippen molar-refractivity contribution in [1.29, 1.82) is 0 Å². The zero-order valence-corrected chi connectivity index (χ0v) is 15.8. The maximum atomic E-state index is 12.9. The van der Waals surface area contributed by atoms with Crippen LogP contribution in [0, 0.1) is 17.8 Å². The number of carbonyl (C=O) groups excluding carboxylic acids is 2. The van der Waals surface area contributed by atoms with Crippen molar-refractivity contribution in [2.24, 2.45) is 28.5 Å². The van der Waals surface area contributed by atoms with Gasteiger partial charge in [0, 0.05) is 26.1 Å². The van der Waals surface area contributed by atoms with Crippen LogP contribution < -0.4 is 5.73 Å². The van der Waals surface area contributed by atoms with Gasteiger partial charge in [-0.15, -0.1) is 0 Å². The molecule has 6 heteroatoms. The lowest BCUT2D eigenvalue weighted by molar-refractivity contribution is -0.134. The number of rotatable bonds is 6. The van der Waals surface area contributed by atoms with Crippen LogP contribution in [-0.2, 0) is 9.59 Å². The Morgan fingerprint density at radius 3 is 2.68 bits per heavy atom. The highest BCUT2D eigenvalue weighted by Gasteiger charge is 2.45. The molecule has 2 fully saturated rings. The van der Waals surface area contributed by atoms with Gasteiger partial charge in [-0.3, -0.25) is 14.5 Å². The van der Waals surface area contributed by atoms with E-state index in [-0.39, 0.29) is 17.7 Å². The van der Waals surface area contributed by atoms with Crippen molar-refractivity contribution in [2.45, 2.75) is 64.8 Å². The topological polar surface area (TPSA) is 79.0 Å². The Morgan fingerprint density at radius 2 is 2.04 bits per heavy atom. The van der Waals surface area contributed by atoms with Crippen molar-refractivity contribution < 1.29 is 9.59 Å². The lowest BCUT2D eigenvalue weighted by atomic mass is 9.90. The van der Waals surface area contributed by atoms with Gasteiger partial charge in [0.2, 0.25) is 5.91 Å². The smallest absolute Gasteiger partial charge is 0.257 e. The van der Waals surface area contributed by atoms with Crippen molar-refractivity contribution in [2.75, 3.05) is 19.6 Å². The molecule has 140 valence electrons. The Balaban J connectivity index is 1.59. The largest absolute Gasteiger partial charge is 0.369 e. The first-order chi connectivity index (χ1) is 11.8. The first-order valence-electron chi connectivity index (χ1n) is 9.73. The third-order valence-electron chi connectivity index (χ3n) is 5.62. The molecule has 0 radical (unpaired) electrons. The van der Waals surface area contributed by atoms with Gasteiger partial charge >= 0.3 is 0 Å². The Kier molecular flexibility index (Phi) is 5.07. The summed E-state index contributed by atoms with van der Waals surface area (Å²) in [6.45, 7) is 8.24. The van der Waals surface area contributed by atoms with E-state index in [4.69, 9.17) is 5.73 Å². The fourth-order valence-corrected chi connectivity index (χ4v) is 4.26. The number of carbonyl (C=O) groups is 2. The van der Waals surface area contributed by atoms with Crippen molar-refractivity contribution >= 4 is 17.8 Å². The highest BCUT2D eigenvalue weighted by molar-refractivity contribution is 6.06. The van der Waals surface area contributed by atoms with E-state index in [0.717, 1.165) is 25.9 Å². The van der Waals surface area contributed by atoms with Crippen LogP contribution in [-0.4, -0.2) is 52.7 Å². The van der Waals surface area contributed by atoms with E-state index in [1.54, 1.807) is 4.90 Å². The summed E-state index contributed by atoms with van der Waals surface area (Å²) in [6, 6.07) is 0. The number of amides is 2. The zero-order valence-electron chi connectivity index (χ0n) is 15.8. The average Bonchev–Trinajstić information content (AvgIpc) is 3.31. The second-order valence-electron chi connectivity index (χ2n) is 8.75. The minimum atomic E-state index is -0.728. The number of likely N-dealkylation sites (tertiary alicyclic amines) is 1. The van der Waals surface area contributed by atoms with Gasteiger partial charge in [0.25, 0.3) is 5.91 Å². The summed E-state index contributed by atoms with van der Waals surface area (Å²) in [6.07, 6.45) is 5.85. The molecule has 2 atom stereocenters. The van der Waals surface area contributed by atoms with Crippen LogP contribution in [0.3, 0.4) is 0 Å². The normalized spacial score (nSPS) is 30.2. The fraction of sp³-hybridized carbons (Fsp3) is 0.842. The third-order valence-corrected chi connectivity index (χ3v) is 5.62. The maximum absolute atomic E-state index is 12.9. The molecule has 6 nitrogen and oxygen atoms in total. The van der Waals surface area contributed by atoms with E-state index < -0.39 is 5.54 Å². The monoisotopic (exact) mass is 348 g/mol. The van der Waals surface area contributed by atoms with Crippen LogP contribution in [0.2, 0.25) is 0 Å². The van der Waals surface area contributed by atoms with Crippen LogP contribution in [0.15, 0.2) is 4.99 Å². The molecule has 1 saturated carbocycles. The Labute approximate surface area is 150 Å². The molecule has 2 unspecified atom stereocenters. The number of nitrogens with zero attached hydrogens (tertiary/aromatic N) is 3. The summed E-state index contributed by atoms with van der Waals surface area (Å²) in [5.41, 5.74) is 5.35. The van der Waals surface area contributed by atoms with Crippen LogP contribution in [0.1, 0.15) is 59.3 Å². The average molecular weight is 348 g/mol. The number of aliphatic imine (C=N–C) groups is 1. The van der Waals surface area contributed by atoms with Gasteiger partial charge in [-0.25, -0.2) is 4.99 Å². The van der Waals surface area contributed by atoms with Crippen LogP contribution in [0.4, 0.5) is 0 Å². The van der Waals surface area contributed by atoms with Crippen molar-refractivity contribution in [1.82, 2.24) is 9.80 Å². The number of guanidine groups is 1. The molecule has 2 N–H and O–H groups in total. The first-order valence-corrected chi connectivity index (χ1v) is 9.73. The molecule has 2 heterocycles. The second kappa shape index (κ2) is 6.96. The van der Waals surface area contributed by atoms with E-state index in [1.807, 2.05) is 11.8 Å². The van der Waals surface area contributed by atoms with Crippen molar-refractivity contribution in [3.8, 4) is 0 Å². The maximum Gasteiger partial charge on any atom is 0.257 e. The van der Waals surface area contributed by atoms with Crippen molar-refractivity contribution in [3.05, 3.63) is 0 Å². The van der Waals surface area contributed by atoms with Crippen LogP contribution in [0.5, 0.6) is 0 Å². The Morgan fingerprint density at radius 1 is 1.32 bits per heavy atom. The SMILES string of the molecule is CC(C)CC1(C)N=C(N)N(CC2CCCN(C(=O)CC3CC3)C2)C1=O. The lowest BCUT2D eigenvalue weighted by Gasteiger charge is -2.35. The number of nitrogens with two attached hydrogens (primary N) is 1. The number of hydrogen-bond acceptors (Lipinski definition) is 4. The van der Waals surface area contributed by atoms with E-state index >= 15 is 0 Å². The highest BCUT2D eigenvalue weighted by atomic mass is 16.2. The molecular formula is C19H32N4O2. The van der Waals surface area contributed by atoms with Gasteiger partial charge in [0.15, 0.2) is 5.96 Å². The summed E-state index contributed by atoms with van der Waals surface area (Å²) in [7, 11) is 0. The molecule has 2 aliphatic heterocycles. The Bertz CT molecular complexity index is 570. The standard InChI is InChI=1S/C19H32N4O2/c1-13(2)10-19(3)17(25)23(18(20)21-19)12-15-5-4-8-22(11-15)16(24)9-14-6-7-14/h13-15H,4-12H2,1-3H3,(H2,20,21). The van der Waals surface area contributed by atoms with Crippen LogP contribution >= 0.6 is 0 Å². The van der Waals surface area contributed by atoms with Gasteiger partial charge in [-0.2, -0.15) is 0 Å². The molecule has 0 aromatic rings. The molecule has 0 bridgehead atoms. The number of hydrogen-bond donors (Lipinski definition) is 1. The highest BCUT2D eigenvalue weighted by Crippen LogP contribution is 2.34. The van der Waals surface area contributed by atoms with Gasteiger partial charge < -0.3 is 10.6 Å². The molecule has 1 aliphatic carbocycles. The summed E-state index contributed by atoms with van der Waals surface area (Å²) in [4.78, 5) is 33.4. The summed E-state index contributed by atoms with van der Waals surface area (Å²) >= 11 is 0. The van der Waals surface area contributed by atoms with Gasteiger partial charge in [-0.1, -0.05) is 13.8 Å². The van der Waals surface area contributed by atoms with Crippen LogP contribution in [0.25, 0.3) is 0 Å². The molecule has 0 aromatic carbocycles. The molecule has 3 aliphatic rings. The van der Waals surface area contributed by atoms with E-state index in [9.17, 15) is 9.59 Å². The van der Waals surface area contributed by atoms with E-state index in [2.05, 4.69) is 18.8 Å². The van der Waals surface area contributed by atoms with Gasteiger partial charge in [0.05, 0.1) is 0 Å². The summed E-state index contributed by atoms with van der Waals surface area (Å²) in [5.74, 6) is 1.93. The fourth-order valence-electron chi connectivity index (χ4n) is 4.26. The minimum absolute atomic E-state index is 0.0140. The third kappa shape index (κ3) is 4.15. The van der Waals surface area contributed by atoms with Crippen molar-refractivity contribution in [3.63, 3.8) is 0 Å². The number of piperidine rings is 1. The lowest BCUT2D eigenvalue weighted by Crippen LogP contribution is -2.49. The molecule has 3 rings (SSSR count). The molecule has 2 amide bonds. The van der Waals surface area contributed by atoms with Gasteiger partial charge in [-0.05, 0) is 56.8 Å². The van der Waals surface area contributed by atoms with Gasteiger partial charge in [0.1, 0.15) is 5.54 Å². The second-order valence-corrected chi connectivity index (χ2v) is 8.75. The molecule has 25 heavy (non-hydrogen) atoms. The quantitative estimate of drug-likeness (QED) is 0.797. The summed E-state index contributed by atoms with van der Waals surface area (Å²) in [5, 5.41) is 0. The molecule has 0 spiro atoms. The molecule has 1 saturated heterocycles. The first kappa shape index (κ1) is 18.2.